The van der Waals surface area contributed by atoms with Gasteiger partial charge in [0, 0.05) is 12.4 Å². The lowest BCUT2D eigenvalue weighted by Crippen LogP contribution is -2.04. The van der Waals surface area contributed by atoms with Crippen LogP contribution in [0.15, 0.2) is 64.6 Å². The Morgan fingerprint density at radius 2 is 1.50 bits per heavy atom. The molecule has 3 aromatic rings. The lowest BCUT2D eigenvalue weighted by molar-refractivity contribution is 0.595. The summed E-state index contributed by atoms with van der Waals surface area (Å²) in [4.78, 5) is 8.90. The molecule has 0 fully saturated rings. The molecular formula is C15H12N2O2S. The second-order valence-electron chi connectivity index (χ2n) is 4.48. The van der Waals surface area contributed by atoms with Crippen molar-refractivity contribution in [3.05, 3.63) is 60.4 Å². The van der Waals surface area contributed by atoms with Gasteiger partial charge in [0.25, 0.3) is 0 Å². The number of aryl methyl sites for hydroxylation is 1. The van der Waals surface area contributed by atoms with Crippen LogP contribution < -0.4 is 0 Å². The van der Waals surface area contributed by atoms with Gasteiger partial charge in [0.15, 0.2) is 0 Å². The van der Waals surface area contributed by atoms with Crippen LogP contribution in [0.4, 0.5) is 0 Å². The van der Waals surface area contributed by atoms with Gasteiger partial charge in [-0.1, -0.05) is 18.2 Å². The average molecular weight is 284 g/mol. The molecule has 3 rings (SSSR count). The first kappa shape index (κ1) is 12.7. The van der Waals surface area contributed by atoms with Crippen LogP contribution in [-0.2, 0) is 9.84 Å². The van der Waals surface area contributed by atoms with Gasteiger partial charge in [-0.2, -0.15) is 0 Å². The maximum atomic E-state index is 12.7. The smallest absolute Gasteiger partial charge is 0.206 e. The summed E-state index contributed by atoms with van der Waals surface area (Å²) in [6.45, 7) is 1.77. The third-order valence-electron chi connectivity index (χ3n) is 3.11. The van der Waals surface area contributed by atoms with Gasteiger partial charge in [-0.15, -0.1) is 0 Å². The molecule has 100 valence electrons. The Hall–Kier alpha value is -2.27. The fraction of sp³-hybridized carbons (Fsp3) is 0.0667. The van der Waals surface area contributed by atoms with Crippen molar-refractivity contribution in [3.63, 3.8) is 0 Å². The van der Waals surface area contributed by atoms with Crippen molar-refractivity contribution >= 4 is 20.9 Å². The second kappa shape index (κ2) is 4.68. The Kier molecular flexibility index (Phi) is 2.99. The number of hydrogen-bond acceptors (Lipinski definition) is 4. The van der Waals surface area contributed by atoms with Crippen LogP contribution in [-0.4, -0.2) is 18.4 Å². The van der Waals surface area contributed by atoms with Gasteiger partial charge in [-0.05, 0) is 36.8 Å². The molecule has 0 bridgehead atoms. The summed E-state index contributed by atoms with van der Waals surface area (Å²) < 4.78 is 25.3. The van der Waals surface area contributed by atoms with Gasteiger partial charge < -0.3 is 0 Å². The monoisotopic (exact) mass is 284 g/mol. The van der Waals surface area contributed by atoms with Crippen molar-refractivity contribution in [1.29, 1.82) is 0 Å². The Morgan fingerprint density at radius 3 is 2.15 bits per heavy atom. The Bertz CT molecular complexity index is 875. The average Bonchev–Trinajstić information content (AvgIpc) is 2.47. The van der Waals surface area contributed by atoms with E-state index in [1.54, 1.807) is 61.8 Å². The van der Waals surface area contributed by atoms with Crippen LogP contribution in [0.2, 0.25) is 0 Å². The van der Waals surface area contributed by atoms with Gasteiger partial charge in [0.1, 0.15) is 0 Å². The quantitative estimate of drug-likeness (QED) is 0.726. The van der Waals surface area contributed by atoms with Gasteiger partial charge >= 0.3 is 0 Å². The van der Waals surface area contributed by atoms with Gasteiger partial charge in [0.05, 0.1) is 20.8 Å². The van der Waals surface area contributed by atoms with E-state index in [1.807, 2.05) is 0 Å². The van der Waals surface area contributed by atoms with Gasteiger partial charge in [0.2, 0.25) is 9.84 Å². The molecular weight excluding hydrogens is 272 g/mol. The van der Waals surface area contributed by atoms with E-state index in [1.165, 1.54) is 0 Å². The number of rotatable bonds is 2. The molecule has 5 heteroatoms. The zero-order chi connectivity index (χ0) is 14.2. The van der Waals surface area contributed by atoms with Crippen molar-refractivity contribution in [1.82, 2.24) is 9.97 Å². The standard InChI is InChI=1S/C15H12N2O2S/c1-11-9-13-14(17-8-7-16-13)10-15(11)20(18,19)12-5-3-2-4-6-12/h2-10H,1H3. The van der Waals surface area contributed by atoms with Crippen LogP contribution in [0.5, 0.6) is 0 Å². The van der Waals surface area contributed by atoms with E-state index in [4.69, 9.17) is 0 Å². The maximum absolute atomic E-state index is 12.7. The van der Waals surface area contributed by atoms with E-state index in [0.29, 0.717) is 16.6 Å². The second-order valence-corrected chi connectivity index (χ2v) is 6.40. The molecule has 0 atom stereocenters. The summed E-state index contributed by atoms with van der Waals surface area (Å²) in [6, 6.07) is 11.7. The van der Waals surface area contributed by atoms with Crippen LogP contribution in [0, 0.1) is 6.92 Å². The predicted molar refractivity (Wildman–Crippen MR) is 76.2 cm³/mol. The molecule has 0 aliphatic carbocycles. The third-order valence-corrected chi connectivity index (χ3v) is 5.02. The van der Waals surface area contributed by atoms with Crippen molar-refractivity contribution in [2.75, 3.05) is 0 Å². The summed E-state index contributed by atoms with van der Waals surface area (Å²) in [5.74, 6) is 0. The van der Waals surface area contributed by atoms with Crippen molar-refractivity contribution in [2.24, 2.45) is 0 Å². The molecule has 0 aliphatic rings. The largest absolute Gasteiger partial charge is 0.253 e. The SMILES string of the molecule is Cc1cc2nccnc2cc1S(=O)(=O)c1ccccc1. The molecule has 0 unspecified atom stereocenters. The van der Waals surface area contributed by atoms with Crippen molar-refractivity contribution in [2.45, 2.75) is 16.7 Å². The first-order chi connectivity index (χ1) is 9.59. The lowest BCUT2D eigenvalue weighted by atomic mass is 10.2. The Balaban J connectivity index is 2.27. The molecule has 0 amide bonds. The summed E-state index contributed by atoms with van der Waals surface area (Å²) in [5, 5.41) is 0. The minimum atomic E-state index is -3.53. The summed E-state index contributed by atoms with van der Waals surface area (Å²) in [6.07, 6.45) is 3.14. The summed E-state index contributed by atoms with van der Waals surface area (Å²) in [7, 11) is -3.53. The molecule has 0 N–H and O–H groups in total. The van der Waals surface area contributed by atoms with Crippen LogP contribution in [0.1, 0.15) is 5.56 Å². The van der Waals surface area contributed by atoms with Crippen LogP contribution >= 0.6 is 0 Å². The Morgan fingerprint density at radius 1 is 0.900 bits per heavy atom. The molecule has 0 saturated heterocycles. The van der Waals surface area contributed by atoms with E-state index in [0.717, 1.165) is 0 Å². The van der Waals surface area contributed by atoms with Crippen LogP contribution in [0.3, 0.4) is 0 Å². The molecule has 4 nitrogen and oxygen atoms in total. The van der Waals surface area contributed by atoms with E-state index in [9.17, 15) is 8.42 Å². The number of aromatic nitrogens is 2. The Labute approximate surface area is 117 Å². The summed E-state index contributed by atoms with van der Waals surface area (Å²) in [5.41, 5.74) is 1.94. The molecule has 2 aromatic carbocycles. The minimum Gasteiger partial charge on any atom is -0.253 e. The molecule has 1 heterocycles. The lowest BCUT2D eigenvalue weighted by Gasteiger charge is -2.08. The van der Waals surface area contributed by atoms with E-state index in [-0.39, 0.29) is 9.79 Å². The maximum Gasteiger partial charge on any atom is 0.206 e. The molecule has 0 saturated carbocycles. The molecule has 20 heavy (non-hydrogen) atoms. The normalized spacial score (nSPS) is 11.7. The van der Waals surface area contributed by atoms with E-state index >= 15 is 0 Å². The molecule has 0 aliphatic heterocycles. The number of sulfone groups is 1. The third kappa shape index (κ3) is 2.06. The highest BCUT2D eigenvalue weighted by molar-refractivity contribution is 7.91. The van der Waals surface area contributed by atoms with Crippen molar-refractivity contribution < 1.29 is 8.42 Å². The zero-order valence-electron chi connectivity index (χ0n) is 10.8. The van der Waals surface area contributed by atoms with Crippen molar-refractivity contribution in [3.8, 4) is 0 Å². The first-order valence-electron chi connectivity index (χ1n) is 6.10. The zero-order valence-corrected chi connectivity index (χ0v) is 11.6. The topological polar surface area (TPSA) is 59.9 Å². The molecule has 0 radical (unpaired) electrons. The van der Waals surface area contributed by atoms with Gasteiger partial charge in [-0.3, -0.25) is 9.97 Å². The van der Waals surface area contributed by atoms with E-state index in [2.05, 4.69) is 9.97 Å². The number of fused-ring (bicyclic) bond motifs is 1. The van der Waals surface area contributed by atoms with Crippen LogP contribution in [0.25, 0.3) is 11.0 Å². The predicted octanol–water partition coefficient (Wildman–Crippen LogP) is 2.77. The highest BCUT2D eigenvalue weighted by atomic mass is 32.2. The summed E-state index contributed by atoms with van der Waals surface area (Å²) >= 11 is 0. The number of hydrogen-bond donors (Lipinski definition) is 0. The fourth-order valence-corrected chi connectivity index (χ4v) is 3.63. The number of nitrogens with zero attached hydrogens (tertiary/aromatic N) is 2. The highest BCUT2D eigenvalue weighted by Crippen LogP contribution is 2.26. The minimum absolute atomic E-state index is 0.275. The molecule has 0 spiro atoms. The fourth-order valence-electron chi connectivity index (χ4n) is 2.11. The van der Waals surface area contributed by atoms with Gasteiger partial charge in [-0.25, -0.2) is 8.42 Å². The molecule has 1 aromatic heterocycles. The first-order valence-corrected chi connectivity index (χ1v) is 7.59. The number of benzene rings is 2. The highest BCUT2D eigenvalue weighted by Gasteiger charge is 2.20. The van der Waals surface area contributed by atoms with E-state index < -0.39 is 9.84 Å².